The van der Waals surface area contributed by atoms with Gasteiger partial charge in [0.25, 0.3) is 0 Å². The smallest absolute Gasteiger partial charge is 0.141 e. The van der Waals surface area contributed by atoms with Crippen molar-refractivity contribution in [1.82, 2.24) is 0 Å². The lowest BCUT2D eigenvalue weighted by Gasteiger charge is -2.18. The van der Waals surface area contributed by atoms with E-state index in [9.17, 15) is 0 Å². The number of hydrogen-bond acceptors (Lipinski definition) is 4. The molecule has 0 aliphatic carbocycles. The lowest BCUT2D eigenvalue weighted by Crippen LogP contribution is -2.14. The van der Waals surface area contributed by atoms with Gasteiger partial charge in [-0.15, -0.1) is 0 Å². The molecule has 0 fully saturated rings. The molecule has 17 heavy (non-hydrogen) atoms. The van der Waals surface area contributed by atoms with Crippen molar-refractivity contribution in [3.63, 3.8) is 0 Å². The van der Waals surface area contributed by atoms with Crippen LogP contribution in [-0.4, -0.2) is 25.7 Å². The van der Waals surface area contributed by atoms with E-state index in [0.717, 1.165) is 33.0 Å². The second-order valence-electron chi connectivity index (χ2n) is 3.47. The fraction of sp³-hybridized carbons (Fsp3) is 0.500. The summed E-state index contributed by atoms with van der Waals surface area (Å²) in [6.07, 6.45) is 0. The molecule has 0 aliphatic heterocycles. The highest BCUT2D eigenvalue weighted by atomic mass is 79.9. The van der Waals surface area contributed by atoms with Crippen LogP contribution >= 0.6 is 27.7 Å². The summed E-state index contributed by atoms with van der Waals surface area (Å²) in [6, 6.07) is 3.83. The molecule has 0 aromatic heterocycles. The Bertz CT molecular complexity index is 374. The van der Waals surface area contributed by atoms with E-state index in [0.29, 0.717) is 0 Å². The summed E-state index contributed by atoms with van der Waals surface area (Å²) in [5, 5.41) is 0. The van der Waals surface area contributed by atoms with Crippen LogP contribution in [0.3, 0.4) is 0 Å². The summed E-state index contributed by atoms with van der Waals surface area (Å²) < 4.78 is 11.5. The Morgan fingerprint density at radius 2 is 2.06 bits per heavy atom. The predicted molar refractivity (Wildman–Crippen MR) is 77.2 cm³/mol. The Hall–Kier alpha value is -0.390. The second-order valence-corrected chi connectivity index (χ2v) is 5.58. The van der Waals surface area contributed by atoms with Crippen LogP contribution in [0.15, 0.2) is 16.6 Å². The van der Waals surface area contributed by atoms with E-state index >= 15 is 0 Å². The Morgan fingerprint density at radius 3 is 2.59 bits per heavy atom. The quantitative estimate of drug-likeness (QED) is 0.874. The zero-order valence-corrected chi connectivity index (χ0v) is 12.7. The highest BCUT2D eigenvalue weighted by Crippen LogP contribution is 2.39. The van der Waals surface area contributed by atoms with Crippen molar-refractivity contribution in [3.05, 3.63) is 22.2 Å². The number of hydrogen-bond donors (Lipinski definition) is 1. The molecule has 1 aromatic carbocycles. The molecule has 5 heteroatoms. The van der Waals surface area contributed by atoms with Gasteiger partial charge >= 0.3 is 0 Å². The normalized spacial score (nSPS) is 12.3. The average molecular weight is 320 g/mol. The lowest BCUT2D eigenvalue weighted by molar-refractivity contribution is 0.384. The van der Waals surface area contributed by atoms with Crippen LogP contribution in [-0.2, 0) is 0 Å². The van der Waals surface area contributed by atoms with Gasteiger partial charge in [0.15, 0.2) is 0 Å². The van der Waals surface area contributed by atoms with E-state index < -0.39 is 0 Å². The third-order valence-electron chi connectivity index (χ3n) is 2.42. The maximum atomic E-state index is 6.16. The van der Waals surface area contributed by atoms with Gasteiger partial charge in [0.2, 0.25) is 0 Å². The van der Waals surface area contributed by atoms with Crippen molar-refractivity contribution in [3.8, 4) is 11.5 Å². The zero-order chi connectivity index (χ0) is 12.8. The molecule has 1 rings (SSSR count). The molecule has 0 amide bonds. The van der Waals surface area contributed by atoms with Gasteiger partial charge in [0, 0.05) is 17.4 Å². The molecule has 0 spiro atoms. The Labute approximate surface area is 115 Å². The van der Waals surface area contributed by atoms with Gasteiger partial charge in [-0.05, 0) is 33.8 Å². The molecule has 0 heterocycles. The second kappa shape index (κ2) is 7.13. The van der Waals surface area contributed by atoms with Crippen molar-refractivity contribution in [2.45, 2.75) is 13.0 Å². The highest BCUT2D eigenvalue weighted by molar-refractivity contribution is 9.10. The number of benzene rings is 1. The van der Waals surface area contributed by atoms with E-state index in [4.69, 9.17) is 15.2 Å². The highest BCUT2D eigenvalue weighted by Gasteiger charge is 2.17. The molecule has 1 aromatic rings. The van der Waals surface area contributed by atoms with Crippen LogP contribution in [0.4, 0.5) is 0 Å². The van der Waals surface area contributed by atoms with Gasteiger partial charge < -0.3 is 15.2 Å². The standard InChI is InChI=1S/C12H18BrNO2S/c1-4-17-7-9(14)8-5-6-10(15-2)11(13)12(8)16-3/h5-6,9H,4,7,14H2,1-3H3. The summed E-state index contributed by atoms with van der Waals surface area (Å²) in [5.74, 6) is 3.45. The van der Waals surface area contributed by atoms with Gasteiger partial charge in [-0.2, -0.15) is 11.8 Å². The first-order chi connectivity index (χ1) is 8.15. The summed E-state index contributed by atoms with van der Waals surface area (Å²) in [4.78, 5) is 0. The van der Waals surface area contributed by atoms with Crippen molar-refractivity contribution in [1.29, 1.82) is 0 Å². The van der Waals surface area contributed by atoms with Crippen LogP contribution in [0.1, 0.15) is 18.5 Å². The number of rotatable bonds is 6. The van der Waals surface area contributed by atoms with E-state index in [1.807, 2.05) is 23.9 Å². The van der Waals surface area contributed by atoms with Crippen LogP contribution in [0, 0.1) is 0 Å². The van der Waals surface area contributed by atoms with Gasteiger partial charge in [0.05, 0.1) is 14.2 Å². The number of ether oxygens (including phenoxy) is 2. The Balaban J connectivity index is 3.03. The summed E-state index contributed by atoms with van der Waals surface area (Å²) in [5.41, 5.74) is 7.16. The minimum atomic E-state index is -0.0305. The van der Waals surface area contributed by atoms with Gasteiger partial charge in [-0.3, -0.25) is 0 Å². The maximum Gasteiger partial charge on any atom is 0.141 e. The number of halogens is 1. The Kier molecular flexibility index (Phi) is 6.16. The SMILES string of the molecule is CCSCC(N)c1ccc(OC)c(Br)c1OC. The maximum absolute atomic E-state index is 6.16. The first-order valence-electron chi connectivity index (χ1n) is 5.39. The fourth-order valence-corrected chi connectivity index (χ4v) is 2.90. The van der Waals surface area contributed by atoms with E-state index in [1.54, 1.807) is 14.2 Å². The summed E-state index contributed by atoms with van der Waals surface area (Å²) >= 11 is 5.30. The van der Waals surface area contributed by atoms with E-state index in [2.05, 4.69) is 22.9 Å². The number of thioether (sulfide) groups is 1. The van der Waals surface area contributed by atoms with Gasteiger partial charge in [-0.1, -0.05) is 6.92 Å². The monoisotopic (exact) mass is 319 g/mol. The molecule has 0 saturated carbocycles. The van der Waals surface area contributed by atoms with Crippen LogP contribution in [0.5, 0.6) is 11.5 Å². The average Bonchev–Trinajstić information content (AvgIpc) is 2.35. The van der Waals surface area contributed by atoms with E-state index in [-0.39, 0.29) is 6.04 Å². The largest absolute Gasteiger partial charge is 0.495 e. The lowest BCUT2D eigenvalue weighted by atomic mass is 10.1. The van der Waals surface area contributed by atoms with Crippen molar-refractivity contribution in [2.24, 2.45) is 5.73 Å². The van der Waals surface area contributed by atoms with Gasteiger partial charge in [-0.25, -0.2) is 0 Å². The van der Waals surface area contributed by atoms with Crippen LogP contribution < -0.4 is 15.2 Å². The molecular formula is C12H18BrNO2S. The van der Waals surface area contributed by atoms with Crippen molar-refractivity contribution in [2.75, 3.05) is 25.7 Å². The molecule has 96 valence electrons. The van der Waals surface area contributed by atoms with Crippen molar-refractivity contribution >= 4 is 27.7 Å². The topological polar surface area (TPSA) is 44.5 Å². The third kappa shape index (κ3) is 3.53. The minimum absolute atomic E-state index is 0.0305. The van der Waals surface area contributed by atoms with Crippen LogP contribution in [0.25, 0.3) is 0 Å². The molecule has 0 saturated heterocycles. The van der Waals surface area contributed by atoms with Gasteiger partial charge in [0.1, 0.15) is 16.0 Å². The minimum Gasteiger partial charge on any atom is -0.495 e. The predicted octanol–water partition coefficient (Wildman–Crippen LogP) is 3.22. The molecule has 1 unspecified atom stereocenters. The summed E-state index contributed by atoms with van der Waals surface area (Å²) in [6.45, 7) is 2.12. The molecule has 2 N–H and O–H groups in total. The van der Waals surface area contributed by atoms with Crippen molar-refractivity contribution < 1.29 is 9.47 Å². The first kappa shape index (κ1) is 14.7. The molecule has 1 atom stereocenters. The Morgan fingerprint density at radius 1 is 1.35 bits per heavy atom. The van der Waals surface area contributed by atoms with E-state index in [1.165, 1.54) is 0 Å². The molecule has 0 bridgehead atoms. The fourth-order valence-electron chi connectivity index (χ4n) is 1.54. The molecular weight excluding hydrogens is 302 g/mol. The third-order valence-corrected chi connectivity index (χ3v) is 4.17. The first-order valence-corrected chi connectivity index (χ1v) is 7.34. The molecule has 0 radical (unpaired) electrons. The molecule has 3 nitrogen and oxygen atoms in total. The zero-order valence-electron chi connectivity index (χ0n) is 10.3. The number of methoxy groups -OCH3 is 2. The number of nitrogens with two attached hydrogens (primary N) is 1. The van der Waals surface area contributed by atoms with Crippen LogP contribution in [0.2, 0.25) is 0 Å². The summed E-state index contributed by atoms with van der Waals surface area (Å²) in [7, 11) is 3.27. The molecule has 0 aliphatic rings.